The maximum Gasteiger partial charge on any atom is 0.141 e. The third kappa shape index (κ3) is 3.02. The first-order valence-electron chi connectivity index (χ1n) is 5.05. The molecule has 1 atom stereocenters. The van der Waals surface area contributed by atoms with E-state index in [-0.39, 0.29) is 10.8 Å². The molecule has 1 saturated heterocycles. The largest absolute Gasteiger partial charge is 0.381 e. The summed E-state index contributed by atoms with van der Waals surface area (Å²) in [6.45, 7) is 0. The van der Waals surface area contributed by atoms with Gasteiger partial charge in [-0.05, 0) is 36.8 Å². The van der Waals surface area contributed by atoms with Gasteiger partial charge in [-0.25, -0.2) is 4.39 Å². The molecule has 82 valence electrons. The highest BCUT2D eigenvalue weighted by atomic mass is 35.5. The predicted octanol–water partition coefficient (Wildman–Crippen LogP) is 3.79. The first-order chi connectivity index (χ1) is 7.25. The van der Waals surface area contributed by atoms with Gasteiger partial charge in [0.25, 0.3) is 0 Å². The van der Waals surface area contributed by atoms with E-state index in [1.165, 1.54) is 24.7 Å². The van der Waals surface area contributed by atoms with E-state index in [9.17, 15) is 4.39 Å². The van der Waals surface area contributed by atoms with E-state index in [1.54, 1.807) is 12.1 Å². The molecule has 0 radical (unpaired) electrons. The van der Waals surface area contributed by atoms with Crippen molar-refractivity contribution in [3.8, 4) is 0 Å². The maximum absolute atomic E-state index is 12.9. The molecular weight excluding hydrogens is 233 g/mol. The summed E-state index contributed by atoms with van der Waals surface area (Å²) in [5.41, 5.74) is 0.911. The first-order valence-corrected chi connectivity index (χ1v) is 6.58. The van der Waals surface area contributed by atoms with Crippen LogP contribution in [0.3, 0.4) is 0 Å². The van der Waals surface area contributed by atoms with Crippen molar-refractivity contribution in [2.45, 2.75) is 18.9 Å². The van der Waals surface area contributed by atoms with E-state index < -0.39 is 0 Å². The molecule has 15 heavy (non-hydrogen) atoms. The normalized spacial score (nSPS) is 21.3. The van der Waals surface area contributed by atoms with Crippen LogP contribution in [0.1, 0.15) is 12.8 Å². The molecule has 1 aliphatic rings. The van der Waals surface area contributed by atoms with Crippen LogP contribution in [0, 0.1) is 5.82 Å². The monoisotopic (exact) mass is 245 g/mol. The fraction of sp³-hybridized carbons (Fsp3) is 0.455. The number of thioether (sulfide) groups is 1. The van der Waals surface area contributed by atoms with Gasteiger partial charge in [0.1, 0.15) is 5.82 Å². The molecule has 4 heteroatoms. The summed E-state index contributed by atoms with van der Waals surface area (Å²) < 4.78 is 12.9. The molecular formula is C11H13ClFNS. The minimum atomic E-state index is -0.361. The molecule has 0 saturated carbocycles. The van der Waals surface area contributed by atoms with Crippen molar-refractivity contribution in [2.24, 2.45) is 0 Å². The Kier molecular flexibility index (Phi) is 3.76. The zero-order valence-electron chi connectivity index (χ0n) is 8.30. The standard InChI is InChI=1S/C11H13ClFNS/c12-10-6-8(3-4-11(10)13)14-9-2-1-5-15-7-9/h3-4,6,9,14H,1-2,5,7H2/t9-/m1/s1. The number of nitrogens with one attached hydrogen (secondary N) is 1. The van der Waals surface area contributed by atoms with Crippen LogP contribution in [-0.4, -0.2) is 17.5 Å². The highest BCUT2D eigenvalue weighted by Crippen LogP contribution is 2.23. The Morgan fingerprint density at radius 1 is 1.47 bits per heavy atom. The molecule has 0 spiro atoms. The molecule has 0 amide bonds. The number of rotatable bonds is 2. The topological polar surface area (TPSA) is 12.0 Å². The van der Waals surface area contributed by atoms with Gasteiger partial charge in [0, 0.05) is 17.5 Å². The van der Waals surface area contributed by atoms with Crippen LogP contribution in [0.4, 0.5) is 10.1 Å². The van der Waals surface area contributed by atoms with Gasteiger partial charge in [0.05, 0.1) is 5.02 Å². The third-order valence-corrected chi connectivity index (χ3v) is 3.96. The summed E-state index contributed by atoms with van der Waals surface area (Å²) >= 11 is 7.67. The van der Waals surface area contributed by atoms with Crippen molar-refractivity contribution in [2.75, 3.05) is 16.8 Å². The third-order valence-electron chi connectivity index (χ3n) is 2.45. The lowest BCUT2D eigenvalue weighted by molar-refractivity contribution is 0.628. The number of benzene rings is 1. The van der Waals surface area contributed by atoms with E-state index in [2.05, 4.69) is 5.32 Å². The Labute approximate surface area is 98.4 Å². The Morgan fingerprint density at radius 3 is 3.00 bits per heavy atom. The Bertz CT molecular complexity index is 339. The van der Waals surface area contributed by atoms with Crippen LogP contribution in [-0.2, 0) is 0 Å². The van der Waals surface area contributed by atoms with Gasteiger partial charge >= 0.3 is 0 Å². The number of hydrogen-bond acceptors (Lipinski definition) is 2. The van der Waals surface area contributed by atoms with E-state index >= 15 is 0 Å². The lowest BCUT2D eigenvalue weighted by atomic mass is 10.1. The van der Waals surface area contributed by atoms with E-state index in [0.717, 1.165) is 11.4 Å². The van der Waals surface area contributed by atoms with Gasteiger partial charge < -0.3 is 5.32 Å². The number of halogens is 2. The number of hydrogen-bond donors (Lipinski definition) is 1. The summed E-state index contributed by atoms with van der Waals surface area (Å²) in [6, 6.07) is 5.28. The molecule has 2 rings (SSSR count). The second kappa shape index (κ2) is 5.08. The molecule has 0 aromatic heterocycles. The van der Waals surface area contributed by atoms with Crippen LogP contribution in [0.15, 0.2) is 18.2 Å². The zero-order valence-corrected chi connectivity index (χ0v) is 9.87. The van der Waals surface area contributed by atoms with Crippen LogP contribution in [0.25, 0.3) is 0 Å². The highest BCUT2D eigenvalue weighted by molar-refractivity contribution is 7.99. The summed E-state index contributed by atoms with van der Waals surface area (Å²) in [4.78, 5) is 0. The summed E-state index contributed by atoms with van der Waals surface area (Å²) in [5.74, 6) is 2.01. The van der Waals surface area contributed by atoms with Gasteiger partial charge in [0.2, 0.25) is 0 Å². The lowest BCUT2D eigenvalue weighted by Gasteiger charge is -2.23. The van der Waals surface area contributed by atoms with E-state index in [4.69, 9.17) is 11.6 Å². The van der Waals surface area contributed by atoms with Crippen molar-refractivity contribution in [1.29, 1.82) is 0 Å². The molecule has 0 bridgehead atoms. The average Bonchev–Trinajstić information content (AvgIpc) is 2.25. The molecule has 0 unspecified atom stereocenters. The maximum atomic E-state index is 12.9. The van der Waals surface area contributed by atoms with E-state index in [0.29, 0.717) is 6.04 Å². The fourth-order valence-corrected chi connectivity index (χ4v) is 2.93. The predicted molar refractivity (Wildman–Crippen MR) is 65.4 cm³/mol. The van der Waals surface area contributed by atoms with Crippen LogP contribution < -0.4 is 5.32 Å². The highest BCUT2D eigenvalue weighted by Gasteiger charge is 2.13. The molecule has 0 aliphatic carbocycles. The van der Waals surface area contributed by atoms with Gasteiger partial charge in [-0.3, -0.25) is 0 Å². The lowest BCUT2D eigenvalue weighted by Crippen LogP contribution is -2.25. The molecule has 1 aromatic carbocycles. The van der Waals surface area contributed by atoms with Crippen molar-refractivity contribution in [1.82, 2.24) is 0 Å². The van der Waals surface area contributed by atoms with Gasteiger partial charge in [-0.2, -0.15) is 11.8 Å². The fourth-order valence-electron chi connectivity index (χ4n) is 1.68. The van der Waals surface area contributed by atoms with Gasteiger partial charge in [0.15, 0.2) is 0 Å². The zero-order chi connectivity index (χ0) is 10.7. The Balaban J connectivity index is 2.00. The summed E-state index contributed by atoms with van der Waals surface area (Å²) in [5, 5.41) is 3.56. The molecule has 1 fully saturated rings. The molecule has 1 heterocycles. The van der Waals surface area contributed by atoms with Crippen molar-refractivity contribution in [3.05, 3.63) is 29.0 Å². The molecule has 1 aliphatic heterocycles. The Hall–Kier alpha value is -0.410. The van der Waals surface area contributed by atoms with Crippen LogP contribution >= 0.6 is 23.4 Å². The minimum absolute atomic E-state index is 0.184. The first kappa shape index (κ1) is 11.1. The molecule has 1 nitrogen and oxygen atoms in total. The van der Waals surface area contributed by atoms with Crippen molar-refractivity contribution < 1.29 is 4.39 Å². The van der Waals surface area contributed by atoms with Crippen molar-refractivity contribution in [3.63, 3.8) is 0 Å². The van der Waals surface area contributed by atoms with Gasteiger partial charge in [-0.1, -0.05) is 11.6 Å². The van der Waals surface area contributed by atoms with Crippen LogP contribution in [0.2, 0.25) is 5.02 Å². The average molecular weight is 246 g/mol. The SMILES string of the molecule is Fc1ccc(N[C@@H]2CCCSC2)cc1Cl. The molecule has 1 aromatic rings. The van der Waals surface area contributed by atoms with Crippen molar-refractivity contribution >= 4 is 29.1 Å². The van der Waals surface area contributed by atoms with Gasteiger partial charge in [-0.15, -0.1) is 0 Å². The van der Waals surface area contributed by atoms with E-state index in [1.807, 2.05) is 11.8 Å². The smallest absolute Gasteiger partial charge is 0.141 e. The summed E-state index contributed by atoms with van der Waals surface area (Å²) in [6.07, 6.45) is 2.43. The Morgan fingerprint density at radius 2 is 2.33 bits per heavy atom. The second-order valence-corrected chi connectivity index (χ2v) is 5.24. The summed E-state index contributed by atoms with van der Waals surface area (Å²) in [7, 11) is 0. The second-order valence-electron chi connectivity index (χ2n) is 3.69. The quantitative estimate of drug-likeness (QED) is 0.851. The number of anilines is 1. The molecule has 1 N–H and O–H groups in total. The minimum Gasteiger partial charge on any atom is -0.381 e. The van der Waals surface area contributed by atoms with Crippen LogP contribution in [0.5, 0.6) is 0 Å².